The molecule has 1 aromatic heterocycles. The van der Waals surface area contributed by atoms with Crippen LogP contribution in [0, 0.1) is 0 Å². The Morgan fingerprint density at radius 1 is 1.22 bits per heavy atom. The van der Waals surface area contributed by atoms with Gasteiger partial charge < -0.3 is 9.47 Å². The van der Waals surface area contributed by atoms with Gasteiger partial charge in [-0.15, -0.1) is 0 Å². The largest absolute Gasteiger partial charge is 0.496 e. The Morgan fingerprint density at radius 2 is 2.07 bits per heavy atom. The number of alkyl halides is 3. The molecule has 0 bridgehead atoms. The van der Waals surface area contributed by atoms with E-state index in [0.29, 0.717) is 30.6 Å². The normalized spacial score (nSPS) is 21.3. The molecule has 4 rings (SSSR count). The van der Waals surface area contributed by atoms with E-state index in [1.807, 2.05) is 23.0 Å². The highest BCUT2D eigenvalue weighted by Crippen LogP contribution is 2.39. The summed E-state index contributed by atoms with van der Waals surface area (Å²) in [7, 11) is 1.45. The van der Waals surface area contributed by atoms with Crippen LogP contribution in [0.5, 0.6) is 0 Å². The van der Waals surface area contributed by atoms with E-state index in [1.54, 1.807) is 0 Å². The molecule has 2 aromatic rings. The molecule has 1 atom stereocenters. The van der Waals surface area contributed by atoms with E-state index in [9.17, 15) is 13.2 Å². The summed E-state index contributed by atoms with van der Waals surface area (Å²) in [5, 5.41) is 5.52. The number of aromatic nitrogens is 2. The number of benzene rings is 1. The highest BCUT2D eigenvalue weighted by Gasteiger charge is 2.32. The Bertz CT molecular complexity index is 864. The van der Waals surface area contributed by atoms with E-state index in [4.69, 9.17) is 9.47 Å². The van der Waals surface area contributed by atoms with Crippen LogP contribution in [0.1, 0.15) is 55.9 Å². The molecule has 4 nitrogen and oxygen atoms in total. The van der Waals surface area contributed by atoms with Crippen LogP contribution in [0.15, 0.2) is 23.9 Å². The molecular formula is C20H23F3N2O2. The number of nitrogens with zero attached hydrogens (tertiary/aromatic N) is 2. The van der Waals surface area contributed by atoms with E-state index >= 15 is 0 Å². The molecule has 1 aliphatic carbocycles. The Hall–Kier alpha value is -2.02. The molecule has 0 saturated carbocycles. The van der Waals surface area contributed by atoms with Crippen molar-refractivity contribution in [1.82, 2.24) is 9.78 Å². The van der Waals surface area contributed by atoms with Crippen molar-refractivity contribution in [3.63, 3.8) is 0 Å². The maximum absolute atomic E-state index is 13.0. The number of hydrogen-bond acceptors (Lipinski definition) is 3. The lowest BCUT2D eigenvalue weighted by Gasteiger charge is -2.23. The van der Waals surface area contributed by atoms with Gasteiger partial charge in [0.15, 0.2) is 6.23 Å². The van der Waals surface area contributed by atoms with Crippen molar-refractivity contribution in [2.75, 3.05) is 13.7 Å². The number of ether oxygens (including phenoxy) is 2. The van der Waals surface area contributed by atoms with Gasteiger partial charge in [0.2, 0.25) is 0 Å². The predicted octanol–water partition coefficient (Wildman–Crippen LogP) is 5.38. The second kappa shape index (κ2) is 7.19. The lowest BCUT2D eigenvalue weighted by atomic mass is 9.98. The van der Waals surface area contributed by atoms with Crippen molar-refractivity contribution in [2.45, 2.75) is 57.3 Å². The summed E-state index contributed by atoms with van der Waals surface area (Å²) < 4.78 is 52.2. The van der Waals surface area contributed by atoms with E-state index in [1.165, 1.54) is 7.11 Å². The molecule has 2 heterocycles. The third-order valence-corrected chi connectivity index (χ3v) is 5.41. The van der Waals surface area contributed by atoms with Gasteiger partial charge in [-0.3, -0.25) is 0 Å². The van der Waals surface area contributed by atoms with Crippen molar-refractivity contribution >= 4 is 16.7 Å². The van der Waals surface area contributed by atoms with E-state index < -0.39 is 12.6 Å². The molecule has 146 valence electrons. The second-order valence-electron chi connectivity index (χ2n) is 7.22. The predicted molar refractivity (Wildman–Crippen MR) is 96.1 cm³/mol. The van der Waals surface area contributed by atoms with Gasteiger partial charge >= 0.3 is 6.18 Å². The van der Waals surface area contributed by atoms with Crippen molar-refractivity contribution in [3.05, 3.63) is 35.0 Å². The van der Waals surface area contributed by atoms with Crippen LogP contribution in [-0.2, 0) is 15.9 Å². The minimum Gasteiger partial charge on any atom is -0.496 e. The first kappa shape index (κ1) is 18.3. The van der Waals surface area contributed by atoms with Gasteiger partial charge in [-0.1, -0.05) is 0 Å². The minimum atomic E-state index is -4.24. The highest BCUT2D eigenvalue weighted by atomic mass is 19.4. The number of aryl methyl sites for hydroxylation is 1. The first-order valence-electron chi connectivity index (χ1n) is 9.42. The van der Waals surface area contributed by atoms with Gasteiger partial charge in [-0.25, -0.2) is 4.68 Å². The topological polar surface area (TPSA) is 36.3 Å². The average molecular weight is 380 g/mol. The molecular weight excluding hydrogens is 357 g/mol. The lowest BCUT2D eigenvalue weighted by molar-refractivity contribution is -0.127. The van der Waals surface area contributed by atoms with Crippen molar-refractivity contribution < 1.29 is 22.6 Å². The third-order valence-electron chi connectivity index (χ3n) is 5.41. The first-order chi connectivity index (χ1) is 13.0. The average Bonchev–Trinajstić information content (AvgIpc) is 2.99. The van der Waals surface area contributed by atoms with Gasteiger partial charge in [0.05, 0.1) is 25.2 Å². The number of methoxy groups -OCH3 is 1. The summed E-state index contributed by atoms with van der Waals surface area (Å²) in [6, 6.07) is 3.80. The van der Waals surface area contributed by atoms with Crippen LogP contribution in [0.25, 0.3) is 16.7 Å². The quantitative estimate of drug-likeness (QED) is 0.717. The van der Waals surface area contributed by atoms with Crippen molar-refractivity contribution in [1.29, 1.82) is 0 Å². The molecule has 1 unspecified atom stereocenters. The van der Waals surface area contributed by atoms with Crippen LogP contribution >= 0.6 is 0 Å². The smallest absolute Gasteiger partial charge is 0.392 e. The van der Waals surface area contributed by atoms with Crippen LogP contribution < -0.4 is 0 Å². The van der Waals surface area contributed by atoms with E-state index in [-0.39, 0.29) is 6.23 Å². The number of halogens is 3. The molecule has 7 heteroatoms. The van der Waals surface area contributed by atoms with Crippen molar-refractivity contribution in [2.24, 2.45) is 0 Å². The molecule has 2 aliphatic rings. The van der Waals surface area contributed by atoms with Crippen LogP contribution in [0.2, 0.25) is 0 Å². The van der Waals surface area contributed by atoms with Gasteiger partial charge in [0.25, 0.3) is 0 Å². The lowest BCUT2D eigenvalue weighted by Crippen LogP contribution is -2.19. The SMILES string of the molecule is COC1=C(CC(F)(F)F)CCCc2c1ccc1c2cnn1C1CCCCO1. The highest BCUT2D eigenvalue weighted by molar-refractivity contribution is 5.88. The Labute approximate surface area is 155 Å². The summed E-state index contributed by atoms with van der Waals surface area (Å²) in [4.78, 5) is 0. The maximum atomic E-state index is 13.0. The number of rotatable bonds is 3. The molecule has 0 radical (unpaired) electrons. The van der Waals surface area contributed by atoms with Gasteiger partial charge in [-0.05, 0) is 61.8 Å². The zero-order valence-corrected chi connectivity index (χ0v) is 15.3. The fourth-order valence-electron chi connectivity index (χ4n) is 4.25. The van der Waals surface area contributed by atoms with Gasteiger partial charge in [0, 0.05) is 17.6 Å². The maximum Gasteiger partial charge on any atom is 0.392 e. The first-order valence-corrected chi connectivity index (χ1v) is 9.42. The summed E-state index contributed by atoms with van der Waals surface area (Å²) in [5.41, 5.74) is 3.07. The summed E-state index contributed by atoms with van der Waals surface area (Å²) in [6.45, 7) is 0.730. The van der Waals surface area contributed by atoms with Crippen LogP contribution in [0.4, 0.5) is 13.2 Å². The summed E-state index contributed by atoms with van der Waals surface area (Å²) in [6.07, 6.45) is 1.43. The molecule has 1 aliphatic heterocycles. The third kappa shape index (κ3) is 3.57. The summed E-state index contributed by atoms with van der Waals surface area (Å²) in [5.74, 6) is 0.364. The monoisotopic (exact) mass is 380 g/mol. The molecule has 1 aromatic carbocycles. The standard InChI is InChI=1S/C20H23F3N2O2/c1-26-19-13(11-20(21,22)23)5-4-6-14-15(19)8-9-17-16(14)12-24-25(17)18-7-2-3-10-27-18/h8-9,12,18H,2-7,10-11H2,1H3. The Kier molecular flexibility index (Phi) is 4.88. The number of fused-ring (bicyclic) bond motifs is 3. The fraction of sp³-hybridized carbons (Fsp3) is 0.550. The van der Waals surface area contributed by atoms with Gasteiger partial charge in [0.1, 0.15) is 5.76 Å². The molecule has 1 fully saturated rings. The molecule has 0 spiro atoms. The van der Waals surface area contributed by atoms with Crippen LogP contribution in [-0.4, -0.2) is 29.7 Å². The second-order valence-corrected chi connectivity index (χ2v) is 7.22. The molecule has 0 amide bonds. The number of allylic oxidation sites excluding steroid dienone is 1. The zero-order chi connectivity index (χ0) is 19.0. The zero-order valence-electron chi connectivity index (χ0n) is 15.3. The van der Waals surface area contributed by atoms with E-state index in [2.05, 4.69) is 5.10 Å². The van der Waals surface area contributed by atoms with Crippen LogP contribution in [0.3, 0.4) is 0 Å². The van der Waals surface area contributed by atoms with E-state index in [0.717, 1.165) is 47.9 Å². The van der Waals surface area contributed by atoms with Crippen molar-refractivity contribution in [3.8, 4) is 0 Å². The molecule has 27 heavy (non-hydrogen) atoms. The van der Waals surface area contributed by atoms with Gasteiger partial charge in [-0.2, -0.15) is 18.3 Å². The minimum absolute atomic E-state index is 0.0710. The Balaban J connectivity index is 1.79. The molecule has 0 N–H and O–H groups in total. The fourth-order valence-corrected chi connectivity index (χ4v) is 4.25. The Morgan fingerprint density at radius 3 is 2.78 bits per heavy atom. The molecule has 1 saturated heterocycles. The number of hydrogen-bond donors (Lipinski definition) is 0. The summed E-state index contributed by atoms with van der Waals surface area (Å²) >= 11 is 0.